The quantitative estimate of drug-likeness (QED) is 0.578. The molecule has 1 atom stereocenters. The summed E-state index contributed by atoms with van der Waals surface area (Å²) in [6.45, 7) is 1.67. The zero-order chi connectivity index (χ0) is 16.2. The summed E-state index contributed by atoms with van der Waals surface area (Å²) < 4.78 is 23.2. The number of carboxylic acids is 1. The summed E-state index contributed by atoms with van der Waals surface area (Å²) in [6.07, 6.45) is 1.07. The van der Waals surface area contributed by atoms with Crippen LogP contribution in [-0.2, 0) is 14.6 Å². The molecule has 21 heavy (non-hydrogen) atoms. The molecule has 0 saturated carbocycles. The molecule has 0 spiro atoms. The summed E-state index contributed by atoms with van der Waals surface area (Å²) in [5, 5.41) is 22.5. The lowest BCUT2D eigenvalue weighted by Crippen LogP contribution is -2.18. The second kappa shape index (κ2) is 6.53. The predicted molar refractivity (Wildman–Crippen MR) is 76.2 cm³/mol. The molecule has 0 amide bonds. The van der Waals surface area contributed by atoms with E-state index in [9.17, 15) is 23.3 Å². The number of carbonyl (C=O) groups is 1. The summed E-state index contributed by atoms with van der Waals surface area (Å²) in [5.41, 5.74) is -0.469. The number of rotatable bonds is 7. The minimum Gasteiger partial charge on any atom is -0.481 e. The van der Waals surface area contributed by atoms with Gasteiger partial charge in [0.05, 0.1) is 4.92 Å². The van der Waals surface area contributed by atoms with Crippen molar-refractivity contribution in [3.05, 3.63) is 28.3 Å². The van der Waals surface area contributed by atoms with Gasteiger partial charge in [-0.1, -0.05) is 6.07 Å². The van der Waals surface area contributed by atoms with Crippen LogP contribution in [0.15, 0.2) is 23.1 Å². The van der Waals surface area contributed by atoms with Gasteiger partial charge in [0.15, 0.2) is 9.84 Å². The zero-order valence-electron chi connectivity index (χ0n) is 11.6. The van der Waals surface area contributed by atoms with E-state index in [2.05, 4.69) is 5.32 Å². The second-order valence-corrected chi connectivity index (χ2v) is 6.64. The Balaban J connectivity index is 3.13. The maximum Gasteiger partial charge on any atom is 0.310 e. The first-order valence-electron chi connectivity index (χ1n) is 6.08. The molecule has 0 heterocycles. The van der Waals surface area contributed by atoms with E-state index in [0.717, 1.165) is 6.26 Å². The third kappa shape index (κ3) is 4.71. The van der Waals surface area contributed by atoms with E-state index >= 15 is 0 Å². The van der Waals surface area contributed by atoms with E-state index in [1.54, 1.807) is 6.92 Å². The van der Waals surface area contributed by atoms with E-state index in [-0.39, 0.29) is 29.5 Å². The molecule has 1 unspecified atom stereocenters. The maximum atomic E-state index is 11.6. The lowest BCUT2D eigenvalue weighted by atomic mass is 10.1. The number of nitrogens with one attached hydrogen (secondary N) is 1. The van der Waals surface area contributed by atoms with Crippen LogP contribution in [0.3, 0.4) is 0 Å². The highest BCUT2D eigenvalue weighted by Gasteiger charge is 2.26. The van der Waals surface area contributed by atoms with E-state index in [4.69, 9.17) is 5.11 Å². The van der Waals surface area contributed by atoms with Gasteiger partial charge < -0.3 is 10.4 Å². The highest BCUT2D eigenvalue weighted by Crippen LogP contribution is 2.32. The molecule has 0 aliphatic heterocycles. The Morgan fingerprint density at radius 1 is 1.48 bits per heavy atom. The van der Waals surface area contributed by atoms with Crippen LogP contribution < -0.4 is 5.32 Å². The molecule has 0 fully saturated rings. The number of carboxylic acid groups (broad SMARTS) is 1. The van der Waals surface area contributed by atoms with Crippen LogP contribution in [0.2, 0.25) is 0 Å². The van der Waals surface area contributed by atoms with E-state index < -0.39 is 26.4 Å². The van der Waals surface area contributed by atoms with Crippen LogP contribution >= 0.6 is 0 Å². The van der Waals surface area contributed by atoms with Gasteiger partial charge in [-0.3, -0.25) is 14.9 Å². The van der Waals surface area contributed by atoms with Gasteiger partial charge in [-0.25, -0.2) is 8.42 Å². The molecule has 8 nitrogen and oxygen atoms in total. The van der Waals surface area contributed by atoms with Crippen molar-refractivity contribution in [1.82, 2.24) is 0 Å². The predicted octanol–water partition coefficient (Wildman–Crippen LogP) is 1.66. The Bertz CT molecular complexity index is 656. The van der Waals surface area contributed by atoms with E-state index in [1.807, 2.05) is 0 Å². The van der Waals surface area contributed by atoms with E-state index in [0.29, 0.717) is 0 Å². The number of aliphatic carboxylic acids is 1. The highest BCUT2D eigenvalue weighted by atomic mass is 32.2. The number of sulfone groups is 1. The third-order valence-corrected chi connectivity index (χ3v) is 3.90. The second-order valence-electron chi connectivity index (χ2n) is 4.66. The fraction of sp³-hybridized carbons (Fsp3) is 0.417. The number of nitro benzene ring substituents is 1. The molecule has 0 saturated heterocycles. The minimum atomic E-state index is -3.74. The first-order chi connectivity index (χ1) is 9.62. The fourth-order valence-electron chi connectivity index (χ4n) is 1.80. The van der Waals surface area contributed by atoms with Crippen LogP contribution in [0.4, 0.5) is 11.4 Å². The number of benzene rings is 1. The molecule has 0 radical (unpaired) electrons. The number of hydrogen-bond donors (Lipinski definition) is 2. The van der Waals surface area contributed by atoms with Crippen molar-refractivity contribution >= 4 is 27.2 Å². The van der Waals surface area contributed by atoms with Crippen molar-refractivity contribution in [3.8, 4) is 0 Å². The van der Waals surface area contributed by atoms with Crippen LogP contribution in [0.1, 0.15) is 19.8 Å². The van der Waals surface area contributed by atoms with E-state index in [1.165, 1.54) is 18.2 Å². The van der Waals surface area contributed by atoms with Crippen molar-refractivity contribution in [1.29, 1.82) is 0 Å². The molecule has 2 N–H and O–H groups in total. The molecule has 1 aromatic carbocycles. The Labute approximate surface area is 121 Å². The largest absolute Gasteiger partial charge is 0.481 e. The van der Waals surface area contributed by atoms with Gasteiger partial charge in [0, 0.05) is 18.7 Å². The lowest BCUT2D eigenvalue weighted by Gasteiger charge is -2.15. The number of nitro groups is 1. The Kier molecular flexibility index (Phi) is 5.25. The summed E-state index contributed by atoms with van der Waals surface area (Å²) in [7, 11) is -3.74. The van der Waals surface area contributed by atoms with Gasteiger partial charge in [0.1, 0.15) is 10.6 Å². The number of hydrogen-bond acceptors (Lipinski definition) is 6. The summed E-state index contributed by atoms with van der Waals surface area (Å²) >= 11 is 0. The maximum absolute atomic E-state index is 11.6. The lowest BCUT2D eigenvalue weighted by molar-refractivity contribution is -0.386. The first-order valence-corrected chi connectivity index (χ1v) is 7.98. The average Bonchev–Trinajstić information content (AvgIpc) is 2.34. The zero-order valence-corrected chi connectivity index (χ0v) is 12.4. The van der Waals surface area contributed by atoms with Crippen molar-refractivity contribution in [3.63, 3.8) is 0 Å². The van der Waals surface area contributed by atoms with Crippen LogP contribution in [-0.4, -0.2) is 36.7 Å². The van der Waals surface area contributed by atoms with Gasteiger partial charge in [-0.2, -0.15) is 0 Å². The molecule has 1 aromatic rings. The van der Waals surface area contributed by atoms with Crippen molar-refractivity contribution in [2.45, 2.75) is 30.7 Å². The third-order valence-electron chi connectivity index (χ3n) is 2.77. The topological polar surface area (TPSA) is 127 Å². The van der Waals surface area contributed by atoms with Crippen LogP contribution in [0, 0.1) is 10.1 Å². The van der Waals surface area contributed by atoms with Crippen molar-refractivity contribution in [2.75, 3.05) is 11.6 Å². The highest BCUT2D eigenvalue weighted by molar-refractivity contribution is 7.90. The molecule has 1 rings (SSSR count). The molecule has 116 valence electrons. The molecule has 0 bridgehead atoms. The van der Waals surface area contributed by atoms with Crippen molar-refractivity contribution < 1.29 is 23.2 Å². The summed E-state index contributed by atoms with van der Waals surface area (Å²) in [6, 6.07) is 3.61. The van der Waals surface area contributed by atoms with Gasteiger partial charge in [-0.15, -0.1) is 0 Å². The molecular weight excluding hydrogens is 300 g/mol. The molecule has 9 heteroatoms. The standard InChI is InChI=1S/C12H16N2O6S/c1-8(6-7-11(15)16)13-9-4-3-5-10(21(2,19)20)12(9)14(17)18/h3-5,8,13H,6-7H2,1-2H3,(H,15,16). The molecular formula is C12H16N2O6S. The number of para-hydroxylation sites is 1. The van der Waals surface area contributed by atoms with Gasteiger partial charge >= 0.3 is 11.7 Å². The summed E-state index contributed by atoms with van der Waals surface area (Å²) in [5.74, 6) is -0.969. The smallest absolute Gasteiger partial charge is 0.310 e. The van der Waals surface area contributed by atoms with Gasteiger partial charge in [0.2, 0.25) is 0 Å². The normalized spacial score (nSPS) is 12.7. The SMILES string of the molecule is CC(CCC(=O)O)Nc1cccc(S(C)(=O)=O)c1[N+](=O)[O-]. The van der Waals surface area contributed by atoms with Crippen molar-refractivity contribution in [2.24, 2.45) is 0 Å². The Morgan fingerprint density at radius 2 is 2.10 bits per heavy atom. The molecule has 0 aromatic heterocycles. The molecule has 0 aliphatic carbocycles. The number of nitrogens with zero attached hydrogens (tertiary/aromatic N) is 1. The van der Waals surface area contributed by atoms with Crippen LogP contribution in [0.5, 0.6) is 0 Å². The fourth-order valence-corrected chi connectivity index (χ4v) is 2.67. The monoisotopic (exact) mass is 316 g/mol. The Morgan fingerprint density at radius 3 is 2.57 bits per heavy atom. The van der Waals surface area contributed by atoms with Gasteiger partial charge in [0.25, 0.3) is 0 Å². The average molecular weight is 316 g/mol. The number of anilines is 1. The molecule has 0 aliphatic rings. The Hall–Kier alpha value is -2.16. The summed E-state index contributed by atoms with van der Waals surface area (Å²) in [4.78, 5) is 20.5. The first kappa shape index (κ1) is 16.9. The minimum absolute atomic E-state index is 0.0563. The van der Waals surface area contributed by atoms with Crippen LogP contribution in [0.25, 0.3) is 0 Å². The van der Waals surface area contributed by atoms with Gasteiger partial charge in [-0.05, 0) is 25.5 Å².